The number of rotatable bonds is 8. The molecule has 0 aliphatic rings. The maximum Gasteiger partial charge on any atom is 0.187 e. The van der Waals surface area contributed by atoms with Crippen LogP contribution in [0.5, 0.6) is 0 Å². The first-order valence-electron chi connectivity index (χ1n) is 24.2. The second kappa shape index (κ2) is 17.9. The molecule has 0 spiro atoms. The molecule has 0 N–H and O–H groups in total. The van der Waals surface area contributed by atoms with Crippen LogP contribution in [0.2, 0.25) is 0 Å². The first-order chi connectivity index (χ1) is 35.6. The second-order valence-electron chi connectivity index (χ2n) is 18.2. The minimum atomic E-state index is 0.589. The molecule has 4 nitrogen and oxygen atoms in total. The Morgan fingerprint density at radius 1 is 0.236 bits per heavy atom. The van der Waals surface area contributed by atoms with E-state index in [0.29, 0.717) is 23.2 Å². The SMILES string of the molecule is [C-]#[N+]c1ccc(-c2ccccc2-c2ccc3c4ccccc4c4ccccc4c3c2)c(-c2cccc(-c3cccc(-c4nc(-c5ccccc5)nc(-c5ccc(-c6cccc7ccccc67)cc5)n4)c3)c2)c1. The molecular weight excluding hydrogens is 873 g/mol. The van der Waals surface area contributed by atoms with E-state index >= 15 is 0 Å². The predicted molar refractivity (Wildman–Crippen MR) is 300 cm³/mol. The average molecular weight is 915 g/mol. The highest BCUT2D eigenvalue weighted by Gasteiger charge is 2.18. The molecule has 0 aliphatic heterocycles. The topological polar surface area (TPSA) is 43.0 Å². The van der Waals surface area contributed by atoms with Gasteiger partial charge in [-0.05, 0) is 123 Å². The summed E-state index contributed by atoms with van der Waals surface area (Å²) in [6.07, 6.45) is 0. The number of nitrogens with zero attached hydrogens (tertiary/aromatic N) is 4. The van der Waals surface area contributed by atoms with Crippen LogP contribution in [0.3, 0.4) is 0 Å². The standard InChI is InChI=1S/C68H42N4/c1-69-53-37-39-62(57-26-8-7-25-56(57)51-36-38-63-60-29-10-9-27-58(60)59-28-11-12-30-61(59)65(63)42-51)64(43-53)50-22-13-20-48(40-50)49-21-14-23-52(41-49)68-71-66(46-17-3-2-4-18-46)70-67(72-68)47-34-32-45(33-35-47)55-31-15-19-44-16-5-6-24-54(44)55/h2-43H. The summed E-state index contributed by atoms with van der Waals surface area (Å²) >= 11 is 0. The molecule has 0 radical (unpaired) electrons. The van der Waals surface area contributed by atoms with Crippen molar-refractivity contribution >= 4 is 48.8 Å². The Morgan fingerprint density at radius 3 is 1.36 bits per heavy atom. The van der Waals surface area contributed by atoms with Gasteiger partial charge in [0, 0.05) is 16.7 Å². The van der Waals surface area contributed by atoms with Crippen LogP contribution in [0.1, 0.15) is 0 Å². The smallest absolute Gasteiger partial charge is 0.187 e. The van der Waals surface area contributed by atoms with Gasteiger partial charge in [0.1, 0.15) is 0 Å². The quantitative estimate of drug-likeness (QED) is 0.113. The summed E-state index contributed by atoms with van der Waals surface area (Å²) in [5, 5.41) is 9.90. The van der Waals surface area contributed by atoms with E-state index in [4.69, 9.17) is 21.5 Å². The Kier molecular flexibility index (Phi) is 10.5. The lowest BCUT2D eigenvalue weighted by Crippen LogP contribution is -2.00. The van der Waals surface area contributed by atoms with Gasteiger partial charge in [-0.15, -0.1) is 0 Å². The zero-order valence-corrected chi connectivity index (χ0v) is 39.0. The van der Waals surface area contributed by atoms with Crippen molar-refractivity contribution in [1.29, 1.82) is 0 Å². The highest BCUT2D eigenvalue weighted by atomic mass is 15.0. The van der Waals surface area contributed by atoms with Gasteiger partial charge in [0.05, 0.1) is 6.57 Å². The van der Waals surface area contributed by atoms with Gasteiger partial charge in [-0.1, -0.05) is 231 Å². The first-order valence-corrected chi connectivity index (χ1v) is 24.2. The van der Waals surface area contributed by atoms with E-state index in [1.807, 2.05) is 42.5 Å². The Bertz CT molecular complexity index is 4240. The number of hydrogen-bond donors (Lipinski definition) is 0. The highest BCUT2D eigenvalue weighted by molar-refractivity contribution is 6.26. The van der Waals surface area contributed by atoms with Crippen molar-refractivity contribution in [3.8, 4) is 89.8 Å². The molecule has 0 saturated heterocycles. The van der Waals surface area contributed by atoms with Crippen molar-refractivity contribution in [2.24, 2.45) is 0 Å². The van der Waals surface area contributed by atoms with E-state index < -0.39 is 0 Å². The van der Waals surface area contributed by atoms with Crippen LogP contribution >= 0.6 is 0 Å². The van der Waals surface area contributed by atoms with Gasteiger partial charge in [0.2, 0.25) is 0 Å². The molecule has 13 aromatic rings. The van der Waals surface area contributed by atoms with Crippen LogP contribution in [0.4, 0.5) is 5.69 Å². The lowest BCUT2D eigenvalue weighted by atomic mass is 9.87. The van der Waals surface area contributed by atoms with E-state index in [1.54, 1.807) is 0 Å². The Balaban J connectivity index is 0.883. The number of aromatic nitrogens is 3. The number of fused-ring (bicyclic) bond motifs is 7. The van der Waals surface area contributed by atoms with Gasteiger partial charge >= 0.3 is 0 Å². The highest BCUT2D eigenvalue weighted by Crippen LogP contribution is 2.43. The lowest BCUT2D eigenvalue weighted by molar-refractivity contribution is 1.07. The van der Waals surface area contributed by atoms with Crippen molar-refractivity contribution in [2.75, 3.05) is 0 Å². The van der Waals surface area contributed by atoms with Crippen LogP contribution in [0.25, 0.3) is 138 Å². The maximum absolute atomic E-state index is 8.06. The minimum absolute atomic E-state index is 0.589. The van der Waals surface area contributed by atoms with E-state index in [0.717, 1.165) is 66.8 Å². The van der Waals surface area contributed by atoms with Gasteiger partial charge in [-0.25, -0.2) is 19.8 Å². The van der Waals surface area contributed by atoms with Crippen LogP contribution in [-0.4, -0.2) is 15.0 Å². The molecule has 13 rings (SSSR count). The van der Waals surface area contributed by atoms with Gasteiger partial charge in [-0.2, -0.15) is 0 Å². The molecule has 4 heteroatoms. The summed E-state index contributed by atoms with van der Waals surface area (Å²) in [6, 6.07) is 89.6. The molecule has 0 atom stereocenters. The van der Waals surface area contributed by atoms with E-state index in [1.165, 1.54) is 48.7 Å². The van der Waals surface area contributed by atoms with Crippen molar-refractivity contribution < 1.29 is 0 Å². The average Bonchev–Trinajstić information content (AvgIpc) is 3.47. The van der Waals surface area contributed by atoms with E-state index in [9.17, 15) is 0 Å². The molecule has 1 aromatic heterocycles. The summed E-state index contributed by atoms with van der Waals surface area (Å²) in [6.45, 7) is 8.06. The summed E-state index contributed by atoms with van der Waals surface area (Å²) in [4.78, 5) is 19.2. The van der Waals surface area contributed by atoms with Gasteiger partial charge < -0.3 is 0 Å². The fourth-order valence-electron chi connectivity index (χ4n) is 10.5. The van der Waals surface area contributed by atoms with Crippen molar-refractivity contribution in [1.82, 2.24) is 15.0 Å². The Hall–Kier alpha value is -9.82. The van der Waals surface area contributed by atoms with Crippen molar-refractivity contribution in [3.63, 3.8) is 0 Å². The van der Waals surface area contributed by atoms with Crippen LogP contribution in [0.15, 0.2) is 255 Å². The van der Waals surface area contributed by atoms with Crippen molar-refractivity contribution in [2.45, 2.75) is 0 Å². The monoisotopic (exact) mass is 914 g/mol. The summed E-state index contributed by atoms with van der Waals surface area (Å²) in [5.41, 5.74) is 14.1. The molecular formula is C68H42N4. The van der Waals surface area contributed by atoms with E-state index in [2.05, 4.69) is 217 Å². The fraction of sp³-hybridized carbons (Fsp3) is 0. The second-order valence-corrected chi connectivity index (χ2v) is 18.2. The van der Waals surface area contributed by atoms with Gasteiger partial charge in [-0.3, -0.25) is 0 Å². The van der Waals surface area contributed by atoms with E-state index in [-0.39, 0.29) is 0 Å². The largest absolute Gasteiger partial charge is 0.238 e. The van der Waals surface area contributed by atoms with Crippen molar-refractivity contribution in [3.05, 3.63) is 266 Å². The number of benzene rings is 12. The lowest BCUT2D eigenvalue weighted by Gasteiger charge is -2.17. The fourth-order valence-corrected chi connectivity index (χ4v) is 10.5. The third-order valence-corrected chi connectivity index (χ3v) is 13.9. The third kappa shape index (κ3) is 7.63. The van der Waals surface area contributed by atoms with Crippen LogP contribution in [-0.2, 0) is 0 Å². The zero-order valence-electron chi connectivity index (χ0n) is 39.0. The molecule has 0 bridgehead atoms. The third-order valence-electron chi connectivity index (χ3n) is 13.9. The summed E-state index contributed by atoms with van der Waals surface area (Å²) in [7, 11) is 0. The Morgan fingerprint density at radius 2 is 0.667 bits per heavy atom. The van der Waals surface area contributed by atoms with Crippen LogP contribution in [0, 0.1) is 6.57 Å². The molecule has 12 aromatic carbocycles. The molecule has 72 heavy (non-hydrogen) atoms. The minimum Gasteiger partial charge on any atom is -0.238 e. The molecule has 334 valence electrons. The van der Waals surface area contributed by atoms with Crippen LogP contribution < -0.4 is 0 Å². The molecule has 0 fully saturated rings. The zero-order chi connectivity index (χ0) is 48.0. The summed E-state index contributed by atoms with van der Waals surface area (Å²) in [5.74, 6) is 1.81. The first kappa shape index (κ1) is 42.3. The normalized spacial score (nSPS) is 11.3. The molecule has 0 unspecified atom stereocenters. The molecule has 0 amide bonds. The summed E-state index contributed by atoms with van der Waals surface area (Å²) < 4.78 is 0. The molecule has 0 saturated carbocycles. The molecule has 0 aliphatic carbocycles. The predicted octanol–water partition coefficient (Wildman–Crippen LogP) is 18.4. The Labute approximate surface area is 417 Å². The number of hydrogen-bond acceptors (Lipinski definition) is 3. The van der Waals surface area contributed by atoms with Gasteiger partial charge in [0.25, 0.3) is 0 Å². The molecule has 1 heterocycles. The maximum atomic E-state index is 8.06. The van der Waals surface area contributed by atoms with Gasteiger partial charge in [0.15, 0.2) is 23.2 Å².